The highest BCUT2D eigenvalue weighted by Gasteiger charge is 2.33. The molecular weight excluding hydrogens is 235 g/mol. The summed E-state index contributed by atoms with van der Waals surface area (Å²) < 4.78 is 39.8. The minimum absolute atomic E-state index is 0.0482. The Hall–Kier alpha value is -1.56. The van der Waals surface area contributed by atoms with Gasteiger partial charge in [0.15, 0.2) is 11.6 Å². The van der Waals surface area contributed by atoms with Crippen LogP contribution >= 0.6 is 0 Å². The number of aliphatic carboxylic acids is 1. The fourth-order valence-electron chi connectivity index (χ4n) is 2.01. The van der Waals surface area contributed by atoms with Crippen molar-refractivity contribution in [1.82, 2.24) is 5.32 Å². The monoisotopic (exact) mass is 245 g/mol. The van der Waals surface area contributed by atoms with Gasteiger partial charge in [0.1, 0.15) is 5.82 Å². The van der Waals surface area contributed by atoms with Gasteiger partial charge < -0.3 is 10.4 Å². The zero-order valence-electron chi connectivity index (χ0n) is 8.71. The summed E-state index contributed by atoms with van der Waals surface area (Å²) in [5.74, 6) is -5.00. The molecule has 1 aliphatic heterocycles. The van der Waals surface area contributed by atoms with Crippen LogP contribution in [0.1, 0.15) is 18.0 Å². The number of carbonyl (C=O) groups is 1. The molecule has 6 heteroatoms. The van der Waals surface area contributed by atoms with E-state index in [1.807, 2.05) is 0 Å². The van der Waals surface area contributed by atoms with E-state index >= 15 is 0 Å². The molecule has 0 saturated carbocycles. The summed E-state index contributed by atoms with van der Waals surface area (Å²) in [5.41, 5.74) is -0.422. The lowest BCUT2D eigenvalue weighted by Crippen LogP contribution is -2.18. The molecule has 0 amide bonds. The molecule has 0 radical (unpaired) electrons. The van der Waals surface area contributed by atoms with E-state index < -0.39 is 40.9 Å². The van der Waals surface area contributed by atoms with Crippen molar-refractivity contribution in [3.05, 3.63) is 35.1 Å². The van der Waals surface area contributed by atoms with Crippen LogP contribution < -0.4 is 5.32 Å². The smallest absolute Gasteiger partial charge is 0.307 e. The second kappa shape index (κ2) is 4.37. The molecule has 92 valence electrons. The molecular formula is C11H10F3NO2. The third kappa shape index (κ3) is 2.12. The Morgan fingerprint density at radius 1 is 1.29 bits per heavy atom. The number of hydrogen-bond acceptors (Lipinski definition) is 2. The molecule has 0 spiro atoms. The highest BCUT2D eigenvalue weighted by molar-refractivity contribution is 5.70. The molecule has 2 rings (SSSR count). The fraction of sp³-hybridized carbons (Fsp3) is 0.364. The molecule has 1 heterocycles. The number of hydrogen-bond donors (Lipinski definition) is 2. The van der Waals surface area contributed by atoms with E-state index in [0.717, 1.165) is 6.07 Å². The zero-order valence-corrected chi connectivity index (χ0v) is 8.71. The van der Waals surface area contributed by atoms with Crippen LogP contribution in [-0.4, -0.2) is 17.6 Å². The Morgan fingerprint density at radius 2 is 1.94 bits per heavy atom. The minimum atomic E-state index is -1.26. The number of benzene rings is 1. The highest BCUT2D eigenvalue weighted by Crippen LogP contribution is 2.31. The van der Waals surface area contributed by atoms with Crippen molar-refractivity contribution in [2.45, 2.75) is 12.5 Å². The van der Waals surface area contributed by atoms with Crippen LogP contribution in [-0.2, 0) is 4.79 Å². The summed E-state index contributed by atoms with van der Waals surface area (Å²) in [6, 6.07) is 0.744. The van der Waals surface area contributed by atoms with Gasteiger partial charge in [-0.1, -0.05) is 0 Å². The van der Waals surface area contributed by atoms with Gasteiger partial charge in [-0.15, -0.1) is 0 Å². The quantitative estimate of drug-likeness (QED) is 0.781. The molecule has 0 aliphatic carbocycles. The average Bonchev–Trinajstić information content (AvgIpc) is 2.73. The Labute approximate surface area is 95.3 Å². The van der Waals surface area contributed by atoms with Gasteiger partial charge in [0.2, 0.25) is 0 Å². The largest absolute Gasteiger partial charge is 0.481 e. The van der Waals surface area contributed by atoms with Gasteiger partial charge in [-0.2, -0.15) is 0 Å². The molecule has 1 aliphatic rings. The third-order valence-corrected chi connectivity index (χ3v) is 2.91. The first-order valence-electron chi connectivity index (χ1n) is 5.10. The Kier molecular flexibility index (Phi) is 3.06. The highest BCUT2D eigenvalue weighted by atomic mass is 19.2. The topological polar surface area (TPSA) is 49.3 Å². The lowest BCUT2D eigenvalue weighted by atomic mass is 9.99. The van der Waals surface area contributed by atoms with Gasteiger partial charge in [-0.05, 0) is 18.6 Å². The Morgan fingerprint density at radius 3 is 2.53 bits per heavy atom. The van der Waals surface area contributed by atoms with Gasteiger partial charge in [0.05, 0.1) is 5.92 Å². The van der Waals surface area contributed by atoms with Crippen molar-refractivity contribution in [3.8, 4) is 0 Å². The van der Waals surface area contributed by atoms with E-state index in [-0.39, 0.29) is 13.0 Å². The summed E-state index contributed by atoms with van der Waals surface area (Å²) in [6.45, 7) is 0.120. The summed E-state index contributed by atoms with van der Waals surface area (Å²) in [4.78, 5) is 10.7. The second-order valence-corrected chi connectivity index (χ2v) is 3.99. The van der Waals surface area contributed by atoms with E-state index in [9.17, 15) is 18.0 Å². The van der Waals surface area contributed by atoms with Gasteiger partial charge >= 0.3 is 5.97 Å². The van der Waals surface area contributed by atoms with Crippen LogP contribution in [0.2, 0.25) is 0 Å². The van der Waals surface area contributed by atoms with Gasteiger partial charge in [-0.3, -0.25) is 4.79 Å². The molecule has 3 nitrogen and oxygen atoms in total. The number of halogens is 3. The lowest BCUT2D eigenvalue weighted by Gasteiger charge is -2.13. The van der Waals surface area contributed by atoms with Gasteiger partial charge in [-0.25, -0.2) is 13.2 Å². The molecule has 1 saturated heterocycles. The second-order valence-electron chi connectivity index (χ2n) is 3.99. The predicted octanol–water partition coefficient (Wildman–Crippen LogP) is 1.84. The first kappa shape index (κ1) is 11.9. The van der Waals surface area contributed by atoms with Crippen molar-refractivity contribution < 1.29 is 23.1 Å². The van der Waals surface area contributed by atoms with Crippen molar-refractivity contribution in [2.75, 3.05) is 6.54 Å². The number of nitrogens with one attached hydrogen (secondary N) is 1. The zero-order chi connectivity index (χ0) is 12.6. The lowest BCUT2D eigenvalue weighted by molar-refractivity contribution is -0.141. The van der Waals surface area contributed by atoms with E-state index in [2.05, 4.69) is 5.32 Å². The molecule has 2 unspecified atom stereocenters. The first-order chi connectivity index (χ1) is 8.00. The summed E-state index contributed by atoms with van der Waals surface area (Å²) in [7, 11) is 0. The van der Waals surface area contributed by atoms with Crippen LogP contribution in [0.3, 0.4) is 0 Å². The molecule has 1 aromatic carbocycles. The van der Waals surface area contributed by atoms with Crippen LogP contribution in [0, 0.1) is 23.4 Å². The van der Waals surface area contributed by atoms with Crippen LogP contribution in [0.15, 0.2) is 12.1 Å². The molecule has 0 bridgehead atoms. The number of carboxylic acid groups (broad SMARTS) is 1. The first-order valence-corrected chi connectivity index (χ1v) is 5.10. The Balaban J connectivity index is 2.30. The van der Waals surface area contributed by atoms with Crippen LogP contribution in [0.5, 0.6) is 0 Å². The minimum Gasteiger partial charge on any atom is -0.481 e. The van der Waals surface area contributed by atoms with Crippen LogP contribution in [0.25, 0.3) is 0 Å². The fourth-order valence-corrected chi connectivity index (χ4v) is 2.01. The van der Waals surface area contributed by atoms with E-state index in [4.69, 9.17) is 5.11 Å². The van der Waals surface area contributed by atoms with Crippen molar-refractivity contribution >= 4 is 5.97 Å². The maximum atomic E-state index is 13.4. The average molecular weight is 245 g/mol. The number of rotatable bonds is 2. The molecule has 1 fully saturated rings. The summed E-state index contributed by atoms with van der Waals surface area (Å²) >= 11 is 0. The maximum absolute atomic E-state index is 13.4. The normalized spacial score (nSPS) is 23.9. The third-order valence-electron chi connectivity index (χ3n) is 2.91. The molecule has 17 heavy (non-hydrogen) atoms. The SMILES string of the molecule is O=C(O)C1CNC(c2c(F)ccc(F)c2F)C1. The summed E-state index contributed by atoms with van der Waals surface area (Å²) in [5, 5.41) is 11.5. The van der Waals surface area contributed by atoms with Crippen molar-refractivity contribution in [3.63, 3.8) is 0 Å². The number of carboxylic acids is 1. The van der Waals surface area contributed by atoms with E-state index in [0.29, 0.717) is 6.07 Å². The molecule has 0 aromatic heterocycles. The molecule has 2 atom stereocenters. The molecule has 1 aromatic rings. The van der Waals surface area contributed by atoms with Gasteiger partial charge in [0, 0.05) is 18.2 Å². The van der Waals surface area contributed by atoms with E-state index in [1.165, 1.54) is 0 Å². The van der Waals surface area contributed by atoms with Gasteiger partial charge in [0.25, 0.3) is 0 Å². The van der Waals surface area contributed by atoms with Crippen LogP contribution in [0.4, 0.5) is 13.2 Å². The van der Waals surface area contributed by atoms with Crippen molar-refractivity contribution in [2.24, 2.45) is 5.92 Å². The molecule has 2 N–H and O–H groups in total. The summed E-state index contributed by atoms with van der Waals surface area (Å²) in [6.07, 6.45) is 0.0482. The van der Waals surface area contributed by atoms with Crippen molar-refractivity contribution in [1.29, 1.82) is 0 Å². The van der Waals surface area contributed by atoms with E-state index in [1.54, 1.807) is 0 Å². The maximum Gasteiger partial charge on any atom is 0.307 e. The Bertz CT molecular complexity index is 464. The predicted molar refractivity (Wildman–Crippen MR) is 52.8 cm³/mol. The standard InChI is InChI=1S/C11H10F3NO2/c12-6-1-2-7(13)10(14)9(6)8-3-5(4-15-8)11(16)17/h1-2,5,8,15H,3-4H2,(H,16,17).